The molecule has 0 aliphatic carbocycles. The van der Waals surface area contributed by atoms with E-state index in [1.165, 1.54) is 5.57 Å². The largest absolute Gasteiger partial charge is 0.326 e. The van der Waals surface area contributed by atoms with Gasteiger partial charge in [-0.3, -0.25) is 4.79 Å². The van der Waals surface area contributed by atoms with Gasteiger partial charge >= 0.3 is 0 Å². The lowest BCUT2D eigenvalue weighted by Crippen LogP contribution is -2.19. The van der Waals surface area contributed by atoms with E-state index >= 15 is 0 Å². The first-order valence-corrected chi connectivity index (χ1v) is 4.77. The number of aromatic nitrogens is 2. The van der Waals surface area contributed by atoms with Gasteiger partial charge in [-0.15, -0.1) is 0 Å². The van der Waals surface area contributed by atoms with Crippen LogP contribution >= 0.6 is 0 Å². The van der Waals surface area contributed by atoms with Gasteiger partial charge in [0.05, 0.1) is 0 Å². The zero-order chi connectivity index (χ0) is 10.5. The smallest absolute Gasteiger partial charge is 0.276 e. The van der Waals surface area contributed by atoms with Crippen LogP contribution in [0.1, 0.15) is 30.9 Å². The van der Waals surface area contributed by atoms with Gasteiger partial charge in [0.25, 0.3) is 5.56 Å². The molecule has 1 aliphatic heterocycles. The molecule has 14 heavy (non-hydrogen) atoms. The minimum Gasteiger partial charge on any atom is -0.326 e. The van der Waals surface area contributed by atoms with E-state index in [1.807, 2.05) is 20.8 Å². The summed E-state index contributed by atoms with van der Waals surface area (Å²) in [5, 5.41) is 0. The minimum atomic E-state index is -0.0946. The Balaban J connectivity index is 2.79. The molecule has 2 heterocycles. The van der Waals surface area contributed by atoms with E-state index in [-0.39, 0.29) is 5.56 Å². The zero-order valence-electron chi connectivity index (χ0n) is 9.01. The van der Waals surface area contributed by atoms with Gasteiger partial charge in [-0.2, -0.15) is 4.98 Å². The fourth-order valence-corrected chi connectivity index (χ4v) is 1.78. The summed E-state index contributed by atoms with van der Waals surface area (Å²) in [6.07, 6.45) is 0. The molecule has 0 spiro atoms. The van der Waals surface area contributed by atoms with Crippen LogP contribution in [0, 0.1) is 13.8 Å². The molecule has 1 aliphatic rings. The molecule has 0 unspecified atom stereocenters. The number of hydrogen-bond acceptors (Lipinski definition) is 2. The van der Waals surface area contributed by atoms with Crippen LogP contribution in [0.25, 0.3) is 5.57 Å². The fourth-order valence-electron chi connectivity index (χ4n) is 1.78. The average Bonchev–Trinajstić information content (AvgIpc) is 2.42. The van der Waals surface area contributed by atoms with Gasteiger partial charge in [0, 0.05) is 17.8 Å². The normalized spacial score (nSPS) is 14.9. The van der Waals surface area contributed by atoms with Crippen molar-refractivity contribution in [3.8, 4) is 0 Å². The standard InChI is InChI=1S/C11H14N2O/c1-6-5-13-9(4)8(3)11(14)12-10(13)7(6)2/h5H2,1-4H3. The molecule has 74 valence electrons. The third-order valence-corrected chi connectivity index (χ3v) is 3.10. The maximum atomic E-state index is 11.5. The van der Waals surface area contributed by atoms with E-state index in [9.17, 15) is 4.79 Å². The molecular formula is C11H14N2O. The molecule has 0 fully saturated rings. The Morgan fingerprint density at radius 1 is 1.21 bits per heavy atom. The topological polar surface area (TPSA) is 34.9 Å². The SMILES string of the molecule is CC1=C(C)c2nc(=O)c(C)c(C)n2C1. The first-order chi connectivity index (χ1) is 6.52. The van der Waals surface area contributed by atoms with Crippen LogP contribution in [0.15, 0.2) is 10.4 Å². The van der Waals surface area contributed by atoms with Crippen LogP contribution in [0.3, 0.4) is 0 Å². The van der Waals surface area contributed by atoms with E-state index < -0.39 is 0 Å². The van der Waals surface area contributed by atoms with E-state index in [1.54, 1.807) is 0 Å². The molecular weight excluding hydrogens is 176 g/mol. The lowest BCUT2D eigenvalue weighted by atomic mass is 10.2. The Labute approximate surface area is 83.1 Å². The second-order valence-corrected chi connectivity index (χ2v) is 3.94. The summed E-state index contributed by atoms with van der Waals surface area (Å²) >= 11 is 0. The third-order valence-electron chi connectivity index (χ3n) is 3.10. The van der Waals surface area contributed by atoms with Gasteiger partial charge in [-0.25, -0.2) is 0 Å². The van der Waals surface area contributed by atoms with Crippen LogP contribution in [0.2, 0.25) is 0 Å². The Morgan fingerprint density at radius 2 is 1.86 bits per heavy atom. The predicted molar refractivity (Wildman–Crippen MR) is 56.2 cm³/mol. The molecule has 0 bridgehead atoms. The molecule has 2 rings (SSSR count). The third kappa shape index (κ3) is 1.05. The molecule has 1 aromatic rings. The summed E-state index contributed by atoms with van der Waals surface area (Å²) in [4.78, 5) is 15.6. The lowest BCUT2D eigenvalue weighted by molar-refractivity contribution is 0.729. The summed E-state index contributed by atoms with van der Waals surface area (Å²) in [6, 6.07) is 0. The molecule has 0 aromatic carbocycles. The van der Waals surface area contributed by atoms with E-state index in [4.69, 9.17) is 0 Å². The monoisotopic (exact) mass is 190 g/mol. The van der Waals surface area contributed by atoms with Crippen LogP contribution < -0.4 is 5.56 Å². The van der Waals surface area contributed by atoms with Crippen molar-refractivity contribution >= 4 is 5.57 Å². The van der Waals surface area contributed by atoms with Crippen molar-refractivity contribution < 1.29 is 0 Å². The molecule has 0 amide bonds. The number of hydrogen-bond donors (Lipinski definition) is 0. The number of nitrogens with zero attached hydrogens (tertiary/aromatic N) is 2. The van der Waals surface area contributed by atoms with Crippen molar-refractivity contribution in [1.82, 2.24) is 9.55 Å². The van der Waals surface area contributed by atoms with Crippen molar-refractivity contribution in [3.63, 3.8) is 0 Å². The molecule has 0 atom stereocenters. The van der Waals surface area contributed by atoms with Gasteiger partial charge in [0.1, 0.15) is 5.82 Å². The van der Waals surface area contributed by atoms with Gasteiger partial charge in [-0.1, -0.05) is 0 Å². The van der Waals surface area contributed by atoms with Gasteiger partial charge < -0.3 is 4.57 Å². The average molecular weight is 190 g/mol. The quantitative estimate of drug-likeness (QED) is 0.623. The molecule has 0 saturated heterocycles. The first-order valence-electron chi connectivity index (χ1n) is 4.77. The molecule has 0 radical (unpaired) electrons. The molecule has 3 heteroatoms. The van der Waals surface area contributed by atoms with E-state index in [2.05, 4.69) is 16.5 Å². The lowest BCUT2D eigenvalue weighted by Gasteiger charge is -2.10. The fraction of sp³-hybridized carbons (Fsp3) is 0.455. The Hall–Kier alpha value is -1.38. The summed E-state index contributed by atoms with van der Waals surface area (Å²) in [7, 11) is 0. The van der Waals surface area contributed by atoms with Gasteiger partial charge in [0.15, 0.2) is 0 Å². The van der Waals surface area contributed by atoms with Crippen molar-refractivity contribution in [3.05, 3.63) is 33.0 Å². The summed E-state index contributed by atoms with van der Waals surface area (Å²) < 4.78 is 2.11. The first kappa shape index (κ1) is 9.19. The van der Waals surface area contributed by atoms with E-state index in [0.29, 0.717) is 0 Å². The minimum absolute atomic E-state index is 0.0946. The van der Waals surface area contributed by atoms with Crippen molar-refractivity contribution in [1.29, 1.82) is 0 Å². The maximum Gasteiger partial charge on any atom is 0.276 e. The van der Waals surface area contributed by atoms with Gasteiger partial charge in [0.2, 0.25) is 0 Å². The predicted octanol–water partition coefficient (Wildman–Crippen LogP) is 1.67. The summed E-state index contributed by atoms with van der Waals surface area (Å²) in [5.41, 5.74) is 4.14. The van der Waals surface area contributed by atoms with Crippen LogP contribution in [-0.4, -0.2) is 9.55 Å². The highest BCUT2D eigenvalue weighted by molar-refractivity contribution is 5.64. The molecule has 3 nitrogen and oxygen atoms in total. The van der Waals surface area contributed by atoms with Crippen molar-refractivity contribution in [2.45, 2.75) is 34.2 Å². The van der Waals surface area contributed by atoms with Crippen LogP contribution in [0.5, 0.6) is 0 Å². The highest BCUT2D eigenvalue weighted by Gasteiger charge is 2.19. The molecule has 1 aromatic heterocycles. The zero-order valence-corrected chi connectivity index (χ0v) is 9.01. The summed E-state index contributed by atoms with van der Waals surface area (Å²) in [6.45, 7) is 8.80. The number of allylic oxidation sites excluding steroid dienone is 2. The Kier molecular flexibility index (Phi) is 1.84. The highest BCUT2D eigenvalue weighted by Crippen LogP contribution is 2.25. The van der Waals surface area contributed by atoms with Crippen LogP contribution in [0.4, 0.5) is 0 Å². The molecule has 0 N–H and O–H groups in total. The Morgan fingerprint density at radius 3 is 2.50 bits per heavy atom. The second kappa shape index (κ2) is 2.80. The van der Waals surface area contributed by atoms with Gasteiger partial charge in [-0.05, 0) is 38.8 Å². The van der Waals surface area contributed by atoms with Crippen molar-refractivity contribution in [2.75, 3.05) is 0 Å². The van der Waals surface area contributed by atoms with Crippen LogP contribution in [-0.2, 0) is 6.54 Å². The maximum absolute atomic E-state index is 11.5. The number of rotatable bonds is 0. The van der Waals surface area contributed by atoms with Crippen molar-refractivity contribution in [2.24, 2.45) is 0 Å². The number of fused-ring (bicyclic) bond motifs is 1. The summed E-state index contributed by atoms with van der Waals surface area (Å²) in [5.74, 6) is 0.843. The Bertz CT molecular complexity index is 495. The second-order valence-electron chi connectivity index (χ2n) is 3.94. The highest BCUT2D eigenvalue weighted by atomic mass is 16.1. The molecule has 0 saturated carbocycles. The van der Waals surface area contributed by atoms with E-state index in [0.717, 1.165) is 29.2 Å².